The molecule has 164 valence electrons. The van der Waals surface area contributed by atoms with Gasteiger partial charge in [-0.2, -0.15) is 5.10 Å². The van der Waals surface area contributed by atoms with Crippen molar-refractivity contribution in [1.82, 2.24) is 19.7 Å². The van der Waals surface area contributed by atoms with Crippen molar-refractivity contribution in [2.45, 2.75) is 39.7 Å². The molecule has 2 fully saturated rings. The van der Waals surface area contributed by atoms with Crippen LogP contribution >= 0.6 is 11.6 Å². The molecule has 1 saturated carbocycles. The summed E-state index contributed by atoms with van der Waals surface area (Å²) in [6.45, 7) is 6.36. The number of carbonyl (C=O) groups is 2. The highest BCUT2D eigenvalue weighted by Crippen LogP contribution is 2.42. The monoisotopic (exact) mass is 443 g/mol. The van der Waals surface area contributed by atoms with Crippen LogP contribution in [0.25, 0.3) is 11.1 Å². The summed E-state index contributed by atoms with van der Waals surface area (Å²) in [5.41, 5.74) is 3.12. The molecule has 2 aromatic rings. The highest BCUT2D eigenvalue weighted by atomic mass is 35.5. The van der Waals surface area contributed by atoms with Crippen molar-refractivity contribution < 1.29 is 14.7 Å². The van der Waals surface area contributed by atoms with E-state index >= 15 is 0 Å². The first-order valence-corrected chi connectivity index (χ1v) is 11.1. The van der Waals surface area contributed by atoms with Crippen molar-refractivity contribution in [2.24, 2.45) is 23.2 Å². The maximum absolute atomic E-state index is 12.9. The Morgan fingerprint density at radius 2 is 1.90 bits per heavy atom. The Morgan fingerprint density at radius 3 is 2.58 bits per heavy atom. The number of pyridine rings is 1. The minimum absolute atomic E-state index is 0.0570. The molecular formula is C22H26ClN5O3. The lowest BCUT2D eigenvalue weighted by Crippen LogP contribution is -2.29. The minimum Gasteiger partial charge on any atom is -0.465 e. The van der Waals surface area contributed by atoms with Gasteiger partial charge in [0.2, 0.25) is 5.91 Å². The molecule has 1 aliphatic carbocycles. The van der Waals surface area contributed by atoms with Gasteiger partial charge in [-0.1, -0.05) is 25.4 Å². The van der Waals surface area contributed by atoms with Gasteiger partial charge in [0, 0.05) is 48.6 Å². The molecule has 0 bridgehead atoms. The quantitative estimate of drug-likeness (QED) is 0.752. The standard InChI is InChI=1S/C22H26ClN5O3/c1-22(2)6-18-16(7-25-28(18)11-22)15-5-19(24-8-17(15)23)26-20(29)12-3-13-9-27(21(30)31)10-14(13)4-12/h5,7-8,12-14H,3-4,6,9-11H2,1-2H3,(H,30,31)(H,24,26,29)/t12?,13-,14+. The maximum atomic E-state index is 12.9. The highest BCUT2D eigenvalue weighted by Gasteiger charge is 2.44. The fourth-order valence-electron chi connectivity index (χ4n) is 5.48. The molecule has 2 aliphatic heterocycles. The Kier molecular flexibility index (Phi) is 4.73. The molecule has 3 aliphatic rings. The van der Waals surface area contributed by atoms with Crippen LogP contribution in [-0.2, 0) is 17.8 Å². The molecule has 0 spiro atoms. The van der Waals surface area contributed by atoms with Crippen LogP contribution in [0, 0.1) is 23.2 Å². The van der Waals surface area contributed by atoms with Gasteiger partial charge in [-0.15, -0.1) is 0 Å². The number of anilines is 1. The normalized spacial score (nSPS) is 26.0. The number of likely N-dealkylation sites (tertiary alicyclic amines) is 1. The fourth-order valence-corrected chi connectivity index (χ4v) is 5.69. The number of rotatable bonds is 3. The van der Waals surface area contributed by atoms with E-state index in [4.69, 9.17) is 11.6 Å². The third kappa shape index (κ3) is 3.67. The van der Waals surface area contributed by atoms with E-state index in [-0.39, 0.29) is 29.1 Å². The van der Waals surface area contributed by atoms with Gasteiger partial charge in [-0.25, -0.2) is 9.78 Å². The van der Waals surface area contributed by atoms with Crippen LogP contribution in [-0.4, -0.2) is 49.9 Å². The largest absolute Gasteiger partial charge is 0.465 e. The Bertz CT molecular complexity index is 1050. The van der Waals surface area contributed by atoms with Gasteiger partial charge in [-0.3, -0.25) is 9.48 Å². The number of nitrogens with zero attached hydrogens (tertiary/aromatic N) is 4. The van der Waals surface area contributed by atoms with Crippen molar-refractivity contribution in [3.63, 3.8) is 0 Å². The molecule has 5 rings (SSSR count). The van der Waals surface area contributed by atoms with E-state index in [1.165, 1.54) is 4.90 Å². The molecule has 2 amide bonds. The number of amides is 2. The zero-order chi connectivity index (χ0) is 21.9. The van der Waals surface area contributed by atoms with Crippen LogP contribution in [0.15, 0.2) is 18.5 Å². The maximum Gasteiger partial charge on any atom is 0.407 e. The highest BCUT2D eigenvalue weighted by molar-refractivity contribution is 6.33. The van der Waals surface area contributed by atoms with Crippen LogP contribution in [0.5, 0.6) is 0 Å². The molecule has 31 heavy (non-hydrogen) atoms. The van der Waals surface area contributed by atoms with Crippen molar-refractivity contribution >= 4 is 29.4 Å². The lowest BCUT2D eigenvalue weighted by atomic mass is 9.89. The summed E-state index contributed by atoms with van der Waals surface area (Å²) in [7, 11) is 0. The molecule has 8 nitrogen and oxygen atoms in total. The predicted molar refractivity (Wildman–Crippen MR) is 116 cm³/mol. The van der Waals surface area contributed by atoms with Crippen molar-refractivity contribution in [2.75, 3.05) is 18.4 Å². The molecule has 3 atom stereocenters. The molecule has 4 heterocycles. The number of hydrogen-bond donors (Lipinski definition) is 2. The van der Waals surface area contributed by atoms with Gasteiger partial charge >= 0.3 is 6.09 Å². The fraction of sp³-hybridized carbons (Fsp3) is 0.545. The van der Waals surface area contributed by atoms with E-state index in [2.05, 4.69) is 29.2 Å². The van der Waals surface area contributed by atoms with Crippen molar-refractivity contribution in [3.8, 4) is 11.1 Å². The second-order valence-corrected chi connectivity index (χ2v) is 10.3. The summed E-state index contributed by atoms with van der Waals surface area (Å²) in [6, 6.07) is 1.82. The summed E-state index contributed by atoms with van der Waals surface area (Å²) < 4.78 is 2.03. The average molecular weight is 444 g/mol. The number of carbonyl (C=O) groups excluding carboxylic acids is 1. The Labute approximate surface area is 185 Å². The van der Waals surface area contributed by atoms with Crippen LogP contribution in [0.4, 0.5) is 10.6 Å². The minimum atomic E-state index is -0.872. The topological polar surface area (TPSA) is 100 Å². The summed E-state index contributed by atoms with van der Waals surface area (Å²) in [6.07, 6.45) is 4.89. The summed E-state index contributed by atoms with van der Waals surface area (Å²) in [5, 5.41) is 17.2. The third-order valence-electron chi connectivity index (χ3n) is 6.96. The van der Waals surface area contributed by atoms with Crippen molar-refractivity contribution in [3.05, 3.63) is 29.2 Å². The number of aromatic nitrogens is 3. The predicted octanol–water partition coefficient (Wildman–Crippen LogP) is 3.76. The number of nitrogens with one attached hydrogen (secondary N) is 1. The Morgan fingerprint density at radius 1 is 1.19 bits per heavy atom. The Balaban J connectivity index is 1.30. The van der Waals surface area contributed by atoms with Crippen molar-refractivity contribution in [1.29, 1.82) is 0 Å². The second-order valence-electron chi connectivity index (χ2n) is 9.92. The molecule has 1 unspecified atom stereocenters. The number of halogens is 1. The smallest absolute Gasteiger partial charge is 0.407 e. The molecule has 2 N–H and O–H groups in total. The van der Waals surface area contributed by atoms with Gasteiger partial charge in [0.25, 0.3) is 0 Å². The van der Waals surface area contributed by atoms with E-state index in [0.29, 0.717) is 36.8 Å². The van der Waals surface area contributed by atoms with E-state index < -0.39 is 6.09 Å². The van der Waals surface area contributed by atoms with E-state index in [9.17, 15) is 14.7 Å². The molecule has 0 aromatic carbocycles. The van der Waals surface area contributed by atoms with Gasteiger partial charge in [0.1, 0.15) is 5.82 Å². The van der Waals surface area contributed by atoms with Crippen LogP contribution in [0.1, 0.15) is 32.4 Å². The van der Waals surface area contributed by atoms with Gasteiger partial charge in [-0.05, 0) is 42.6 Å². The van der Waals surface area contributed by atoms with Crippen LogP contribution in [0.3, 0.4) is 0 Å². The SMILES string of the molecule is CC1(C)Cc2c(-c3cc(NC(=O)C4C[C@@H]5CN(C(=O)O)C[C@@H]5C4)ncc3Cl)cnn2C1. The third-order valence-corrected chi connectivity index (χ3v) is 7.26. The zero-order valence-corrected chi connectivity index (χ0v) is 18.4. The Hall–Kier alpha value is -2.61. The van der Waals surface area contributed by atoms with Crippen LogP contribution < -0.4 is 5.32 Å². The first kappa shape index (κ1) is 20.3. The lowest BCUT2D eigenvalue weighted by molar-refractivity contribution is -0.119. The number of carboxylic acid groups (broad SMARTS) is 1. The lowest BCUT2D eigenvalue weighted by Gasteiger charge is -2.16. The number of hydrogen-bond acceptors (Lipinski definition) is 4. The number of fused-ring (bicyclic) bond motifs is 2. The van der Waals surface area contributed by atoms with E-state index in [1.807, 2.05) is 16.9 Å². The van der Waals surface area contributed by atoms with Crippen LogP contribution in [0.2, 0.25) is 5.02 Å². The molecule has 1 saturated heterocycles. The summed E-state index contributed by atoms with van der Waals surface area (Å²) in [5.74, 6) is 0.829. The van der Waals surface area contributed by atoms with Gasteiger partial charge < -0.3 is 15.3 Å². The van der Waals surface area contributed by atoms with Gasteiger partial charge in [0.05, 0.1) is 11.2 Å². The molecule has 2 aromatic heterocycles. The molecular weight excluding hydrogens is 418 g/mol. The van der Waals surface area contributed by atoms with E-state index in [0.717, 1.165) is 29.8 Å². The summed E-state index contributed by atoms with van der Waals surface area (Å²) in [4.78, 5) is 29.8. The van der Waals surface area contributed by atoms with E-state index in [1.54, 1.807) is 6.20 Å². The average Bonchev–Trinajstić information content (AvgIpc) is 3.41. The van der Waals surface area contributed by atoms with Gasteiger partial charge in [0.15, 0.2) is 0 Å². The first-order valence-electron chi connectivity index (χ1n) is 10.7. The summed E-state index contributed by atoms with van der Waals surface area (Å²) >= 11 is 6.46. The second kappa shape index (κ2) is 7.22. The first-order chi connectivity index (χ1) is 14.7. The molecule has 9 heteroatoms. The molecule has 0 radical (unpaired) electrons. The zero-order valence-electron chi connectivity index (χ0n) is 17.6.